The molecule has 1 aliphatic heterocycles. The van der Waals surface area contributed by atoms with Gasteiger partial charge in [-0.1, -0.05) is 30.3 Å². The Labute approximate surface area is 110 Å². The van der Waals surface area contributed by atoms with E-state index in [1.807, 2.05) is 18.2 Å². The molecule has 1 heterocycles. The number of hydrogen-bond donors (Lipinski definition) is 1. The molecule has 0 saturated carbocycles. The highest BCUT2D eigenvalue weighted by atomic mass is 19.3. The average Bonchev–Trinajstić information content (AvgIpc) is 2.72. The van der Waals surface area contributed by atoms with Crippen molar-refractivity contribution in [3.05, 3.63) is 35.9 Å². The van der Waals surface area contributed by atoms with E-state index in [0.717, 1.165) is 10.5 Å². The highest BCUT2D eigenvalue weighted by Crippen LogP contribution is 2.32. The fourth-order valence-corrected chi connectivity index (χ4v) is 2.04. The summed E-state index contributed by atoms with van der Waals surface area (Å²) >= 11 is 0. The third-order valence-corrected chi connectivity index (χ3v) is 3.19. The van der Waals surface area contributed by atoms with Gasteiger partial charge in [0.1, 0.15) is 6.61 Å². The number of alkyl halides is 2. The number of rotatable bonds is 3. The standard InChI is InChI=1S/C13H16F2N2O2/c14-13(15)9-17(7-11(13)6-16)12(18)19-8-10-4-2-1-3-5-10/h1-5,11H,6-9,16H2. The van der Waals surface area contributed by atoms with Crippen LogP contribution in [0.1, 0.15) is 5.56 Å². The molecule has 1 atom stereocenters. The summed E-state index contributed by atoms with van der Waals surface area (Å²) in [7, 11) is 0. The van der Waals surface area contributed by atoms with Crippen LogP contribution in [0.15, 0.2) is 30.3 Å². The maximum absolute atomic E-state index is 13.5. The van der Waals surface area contributed by atoms with Crippen LogP contribution >= 0.6 is 0 Å². The minimum atomic E-state index is -2.93. The van der Waals surface area contributed by atoms with Crippen molar-refractivity contribution in [2.45, 2.75) is 12.5 Å². The van der Waals surface area contributed by atoms with Crippen molar-refractivity contribution in [3.8, 4) is 0 Å². The van der Waals surface area contributed by atoms with Crippen LogP contribution in [-0.4, -0.2) is 36.5 Å². The zero-order valence-corrected chi connectivity index (χ0v) is 10.4. The van der Waals surface area contributed by atoms with Gasteiger partial charge >= 0.3 is 6.09 Å². The van der Waals surface area contributed by atoms with Crippen molar-refractivity contribution in [3.63, 3.8) is 0 Å². The summed E-state index contributed by atoms with van der Waals surface area (Å²) in [6, 6.07) is 9.08. The third-order valence-electron chi connectivity index (χ3n) is 3.19. The summed E-state index contributed by atoms with van der Waals surface area (Å²) in [6.45, 7) is -0.746. The molecule has 1 amide bonds. The second-order valence-corrected chi connectivity index (χ2v) is 4.61. The van der Waals surface area contributed by atoms with Crippen LogP contribution in [0.4, 0.5) is 13.6 Å². The fourth-order valence-electron chi connectivity index (χ4n) is 2.04. The van der Waals surface area contributed by atoms with Gasteiger partial charge in [0, 0.05) is 13.1 Å². The first kappa shape index (κ1) is 13.7. The van der Waals surface area contributed by atoms with E-state index in [1.165, 1.54) is 0 Å². The molecular formula is C13H16F2N2O2. The monoisotopic (exact) mass is 270 g/mol. The van der Waals surface area contributed by atoms with Gasteiger partial charge in [0.25, 0.3) is 5.92 Å². The molecule has 1 aromatic carbocycles. The van der Waals surface area contributed by atoms with E-state index in [9.17, 15) is 13.6 Å². The Balaban J connectivity index is 1.88. The first-order chi connectivity index (χ1) is 9.03. The lowest BCUT2D eigenvalue weighted by atomic mass is 10.1. The third kappa shape index (κ3) is 3.20. The summed E-state index contributed by atoms with van der Waals surface area (Å²) in [5.41, 5.74) is 6.09. The molecule has 1 aliphatic rings. The molecule has 6 heteroatoms. The first-order valence-electron chi connectivity index (χ1n) is 6.06. The van der Waals surface area contributed by atoms with Crippen LogP contribution in [0.5, 0.6) is 0 Å². The number of likely N-dealkylation sites (tertiary alicyclic amines) is 1. The summed E-state index contributed by atoms with van der Waals surface area (Å²) in [5, 5.41) is 0. The van der Waals surface area contributed by atoms with Crippen LogP contribution in [0.25, 0.3) is 0 Å². The van der Waals surface area contributed by atoms with E-state index in [4.69, 9.17) is 10.5 Å². The zero-order valence-electron chi connectivity index (χ0n) is 10.4. The van der Waals surface area contributed by atoms with Crippen molar-refractivity contribution in [1.82, 2.24) is 4.90 Å². The minimum absolute atomic E-state index is 0.0584. The number of nitrogens with two attached hydrogens (primary N) is 1. The predicted molar refractivity (Wildman–Crippen MR) is 65.7 cm³/mol. The van der Waals surface area contributed by atoms with Crippen LogP contribution in [0, 0.1) is 5.92 Å². The van der Waals surface area contributed by atoms with E-state index in [0.29, 0.717) is 0 Å². The summed E-state index contributed by atoms with van der Waals surface area (Å²) < 4.78 is 31.9. The Morgan fingerprint density at radius 2 is 2.11 bits per heavy atom. The number of carbonyl (C=O) groups is 1. The van der Waals surface area contributed by atoms with Crippen molar-refractivity contribution >= 4 is 6.09 Å². The minimum Gasteiger partial charge on any atom is -0.445 e. The molecular weight excluding hydrogens is 254 g/mol. The van der Waals surface area contributed by atoms with E-state index in [2.05, 4.69) is 0 Å². The molecule has 0 spiro atoms. The van der Waals surface area contributed by atoms with Crippen LogP contribution in [-0.2, 0) is 11.3 Å². The number of carbonyl (C=O) groups excluding carboxylic acids is 1. The summed E-state index contributed by atoms with van der Waals surface area (Å²) in [6.07, 6.45) is -0.723. The molecule has 0 aromatic heterocycles. The van der Waals surface area contributed by atoms with Gasteiger partial charge in [-0.15, -0.1) is 0 Å². The highest BCUT2D eigenvalue weighted by Gasteiger charge is 2.49. The van der Waals surface area contributed by atoms with E-state index < -0.39 is 24.5 Å². The van der Waals surface area contributed by atoms with Crippen LogP contribution in [0.2, 0.25) is 0 Å². The molecule has 0 aliphatic carbocycles. The summed E-state index contributed by atoms with van der Waals surface area (Å²) in [4.78, 5) is 12.7. The van der Waals surface area contributed by atoms with Gasteiger partial charge in [-0.3, -0.25) is 0 Å². The maximum Gasteiger partial charge on any atom is 0.410 e. The Morgan fingerprint density at radius 3 is 2.68 bits per heavy atom. The normalized spacial score (nSPS) is 21.4. The fraction of sp³-hybridized carbons (Fsp3) is 0.462. The number of nitrogens with zero attached hydrogens (tertiary/aromatic N) is 1. The average molecular weight is 270 g/mol. The lowest BCUT2D eigenvalue weighted by molar-refractivity contribution is -0.0240. The Kier molecular flexibility index (Phi) is 3.99. The Morgan fingerprint density at radius 1 is 1.42 bits per heavy atom. The zero-order chi connectivity index (χ0) is 13.9. The number of halogens is 2. The second kappa shape index (κ2) is 5.52. The number of ether oxygens (including phenoxy) is 1. The van der Waals surface area contributed by atoms with Gasteiger partial charge in [0.15, 0.2) is 0 Å². The molecule has 1 fully saturated rings. The van der Waals surface area contributed by atoms with Gasteiger partial charge in [-0.2, -0.15) is 0 Å². The number of benzene rings is 1. The molecule has 19 heavy (non-hydrogen) atoms. The van der Waals surface area contributed by atoms with Crippen molar-refractivity contribution in [1.29, 1.82) is 0 Å². The van der Waals surface area contributed by atoms with Crippen molar-refractivity contribution < 1.29 is 18.3 Å². The second-order valence-electron chi connectivity index (χ2n) is 4.61. The first-order valence-corrected chi connectivity index (χ1v) is 6.06. The van der Waals surface area contributed by atoms with Crippen molar-refractivity contribution in [2.75, 3.05) is 19.6 Å². The van der Waals surface area contributed by atoms with Crippen molar-refractivity contribution in [2.24, 2.45) is 11.7 Å². The molecule has 4 nitrogen and oxygen atoms in total. The molecule has 1 unspecified atom stereocenters. The molecule has 2 rings (SSSR count). The molecule has 0 bridgehead atoms. The van der Waals surface area contributed by atoms with Gasteiger partial charge in [-0.25, -0.2) is 13.6 Å². The van der Waals surface area contributed by atoms with Crippen LogP contribution in [0.3, 0.4) is 0 Å². The maximum atomic E-state index is 13.5. The summed E-state index contributed by atoms with van der Waals surface area (Å²) in [5.74, 6) is -3.92. The largest absolute Gasteiger partial charge is 0.445 e. The van der Waals surface area contributed by atoms with Gasteiger partial charge < -0.3 is 15.4 Å². The molecule has 1 aromatic rings. The lowest BCUT2D eigenvalue weighted by Gasteiger charge is -2.15. The van der Waals surface area contributed by atoms with E-state index in [-0.39, 0.29) is 19.7 Å². The predicted octanol–water partition coefficient (Wildman–Crippen LogP) is 1.85. The number of amides is 1. The lowest BCUT2D eigenvalue weighted by Crippen LogP contribution is -2.33. The van der Waals surface area contributed by atoms with Gasteiger partial charge in [0.05, 0.1) is 12.5 Å². The quantitative estimate of drug-likeness (QED) is 0.912. The molecule has 2 N–H and O–H groups in total. The number of hydrogen-bond acceptors (Lipinski definition) is 3. The molecule has 1 saturated heterocycles. The Hall–Kier alpha value is -1.69. The molecule has 104 valence electrons. The van der Waals surface area contributed by atoms with Gasteiger partial charge in [-0.05, 0) is 5.56 Å². The van der Waals surface area contributed by atoms with E-state index >= 15 is 0 Å². The van der Waals surface area contributed by atoms with Crippen LogP contribution < -0.4 is 5.73 Å². The highest BCUT2D eigenvalue weighted by molar-refractivity contribution is 5.68. The smallest absolute Gasteiger partial charge is 0.410 e. The SMILES string of the molecule is NCC1CN(C(=O)OCc2ccccc2)CC1(F)F. The molecule has 0 radical (unpaired) electrons. The van der Waals surface area contributed by atoms with E-state index in [1.54, 1.807) is 12.1 Å². The van der Waals surface area contributed by atoms with Gasteiger partial charge in [0.2, 0.25) is 0 Å². The topological polar surface area (TPSA) is 55.6 Å². The Bertz CT molecular complexity index is 440.